The quantitative estimate of drug-likeness (QED) is 0.173. The van der Waals surface area contributed by atoms with Crippen molar-refractivity contribution < 1.29 is 22.7 Å². The number of rotatable bonds is 14. The fourth-order valence-electron chi connectivity index (χ4n) is 5.99. The second kappa shape index (κ2) is 15.8. The monoisotopic (exact) mass is 653 g/mol. The number of hydrogen-bond donors (Lipinski definition) is 1. The maximum absolute atomic E-state index is 14.7. The lowest BCUT2D eigenvalue weighted by molar-refractivity contribution is -0.140. The molecule has 4 aromatic carbocycles. The number of hydrogen-bond acceptors (Lipinski definition) is 5. The van der Waals surface area contributed by atoms with Gasteiger partial charge in [-0.1, -0.05) is 103 Å². The second-order valence-electron chi connectivity index (χ2n) is 11.9. The summed E-state index contributed by atoms with van der Waals surface area (Å²) in [4.78, 5) is 30.4. The third-order valence-electron chi connectivity index (χ3n) is 8.49. The number of para-hydroxylation sites is 2. The zero-order valence-electron chi connectivity index (χ0n) is 27.0. The van der Waals surface area contributed by atoms with E-state index < -0.39 is 28.5 Å². The zero-order chi connectivity index (χ0) is 33.2. The molecule has 1 fully saturated rings. The van der Waals surface area contributed by atoms with Gasteiger partial charge in [0.1, 0.15) is 18.3 Å². The van der Waals surface area contributed by atoms with Crippen LogP contribution in [0.2, 0.25) is 0 Å². The molecule has 4 aromatic rings. The summed E-state index contributed by atoms with van der Waals surface area (Å²) >= 11 is 0. The van der Waals surface area contributed by atoms with E-state index in [1.54, 1.807) is 48.5 Å². The van der Waals surface area contributed by atoms with Gasteiger partial charge in [-0.15, -0.1) is 0 Å². The predicted octanol–water partition coefficient (Wildman–Crippen LogP) is 6.29. The van der Waals surface area contributed by atoms with Crippen molar-refractivity contribution in [3.63, 3.8) is 0 Å². The highest BCUT2D eigenvalue weighted by atomic mass is 32.2. The van der Waals surface area contributed by atoms with Crippen molar-refractivity contribution in [2.24, 2.45) is 0 Å². The minimum Gasteiger partial charge on any atom is -0.492 e. The normalized spacial score (nSPS) is 13.9. The maximum Gasteiger partial charge on any atom is 0.264 e. The van der Waals surface area contributed by atoms with E-state index >= 15 is 0 Å². The predicted molar refractivity (Wildman–Crippen MR) is 185 cm³/mol. The zero-order valence-corrected chi connectivity index (χ0v) is 27.9. The fourth-order valence-corrected chi connectivity index (χ4v) is 7.42. The summed E-state index contributed by atoms with van der Waals surface area (Å²) in [7, 11) is -4.23. The molecule has 1 aliphatic rings. The number of sulfonamides is 1. The topological polar surface area (TPSA) is 96.0 Å². The average molecular weight is 654 g/mol. The molecule has 0 unspecified atom stereocenters. The van der Waals surface area contributed by atoms with Gasteiger partial charge in [0.25, 0.3) is 10.0 Å². The molecule has 1 N–H and O–H groups in total. The molecule has 47 heavy (non-hydrogen) atoms. The van der Waals surface area contributed by atoms with Crippen LogP contribution < -0.4 is 14.4 Å². The molecule has 0 saturated heterocycles. The molecule has 1 atom stereocenters. The molecule has 0 radical (unpaired) electrons. The fraction of sp³-hybridized carbons (Fsp3) is 0.316. The Morgan fingerprint density at radius 1 is 0.830 bits per heavy atom. The summed E-state index contributed by atoms with van der Waals surface area (Å²) in [5.41, 5.74) is 2.89. The van der Waals surface area contributed by atoms with Crippen LogP contribution in [0.15, 0.2) is 114 Å². The molecular formula is C38H43N3O5S. The van der Waals surface area contributed by atoms with Gasteiger partial charge in [0.15, 0.2) is 0 Å². The summed E-state index contributed by atoms with van der Waals surface area (Å²) in [6, 6.07) is 31.6. The van der Waals surface area contributed by atoms with Gasteiger partial charge in [0.05, 0.1) is 17.2 Å². The Morgan fingerprint density at radius 2 is 1.43 bits per heavy atom. The Hall–Kier alpha value is -4.63. The van der Waals surface area contributed by atoms with Crippen LogP contribution in [0.4, 0.5) is 5.69 Å². The largest absolute Gasteiger partial charge is 0.492 e. The Kier molecular flexibility index (Phi) is 11.3. The number of nitrogens with one attached hydrogen (secondary N) is 1. The molecule has 0 spiro atoms. The highest BCUT2D eigenvalue weighted by molar-refractivity contribution is 7.92. The van der Waals surface area contributed by atoms with Crippen molar-refractivity contribution in [3.8, 4) is 5.75 Å². The number of carbonyl (C=O) groups excluding carboxylic acids is 2. The molecule has 2 amide bonds. The van der Waals surface area contributed by atoms with Gasteiger partial charge < -0.3 is 15.0 Å². The van der Waals surface area contributed by atoms with E-state index in [1.807, 2.05) is 74.5 Å². The van der Waals surface area contributed by atoms with Crippen LogP contribution in [0.3, 0.4) is 0 Å². The average Bonchev–Trinajstić information content (AvgIpc) is 3.60. The lowest BCUT2D eigenvalue weighted by Gasteiger charge is -2.34. The van der Waals surface area contributed by atoms with Crippen molar-refractivity contribution >= 4 is 27.5 Å². The van der Waals surface area contributed by atoms with Gasteiger partial charge in [-0.2, -0.15) is 0 Å². The Balaban J connectivity index is 1.58. The summed E-state index contributed by atoms with van der Waals surface area (Å²) < 4.78 is 35.7. The number of ether oxygens (including phenoxy) is 1. The standard InChI is InChI=1S/C38H43N3O5S/c1-3-46-36-21-13-12-20-34(36)41(47(44,45)33-24-22-29(2)23-25-33)28-37(42)40(27-31-16-8-5-9-17-31)35(26-30-14-6-4-7-15-30)38(43)39-32-18-10-11-19-32/h4-9,12-17,20-25,32,35H,3,10-11,18-19,26-28H2,1-2H3,(H,39,43)/t35-/m1/s1. The van der Waals surface area contributed by atoms with Crippen LogP contribution >= 0.6 is 0 Å². The van der Waals surface area contributed by atoms with E-state index in [-0.39, 0.29) is 35.5 Å². The first-order chi connectivity index (χ1) is 22.8. The Labute approximate surface area is 278 Å². The van der Waals surface area contributed by atoms with Crippen molar-refractivity contribution in [2.75, 3.05) is 17.5 Å². The number of benzene rings is 4. The summed E-state index contributed by atoms with van der Waals surface area (Å²) in [5, 5.41) is 3.21. The highest BCUT2D eigenvalue weighted by Crippen LogP contribution is 2.33. The van der Waals surface area contributed by atoms with Gasteiger partial charge >= 0.3 is 0 Å². The lowest BCUT2D eigenvalue weighted by atomic mass is 10.0. The van der Waals surface area contributed by atoms with Gasteiger partial charge in [-0.3, -0.25) is 13.9 Å². The second-order valence-corrected chi connectivity index (χ2v) is 13.8. The SMILES string of the molecule is CCOc1ccccc1N(CC(=O)N(Cc1ccccc1)[C@H](Cc1ccccc1)C(=O)NC1CCCC1)S(=O)(=O)c1ccc(C)cc1. The van der Waals surface area contributed by atoms with Gasteiger partial charge in [-0.25, -0.2) is 8.42 Å². The number of anilines is 1. The summed E-state index contributed by atoms with van der Waals surface area (Å²) in [6.45, 7) is 3.60. The minimum atomic E-state index is -4.23. The minimum absolute atomic E-state index is 0.0472. The number of nitrogens with zero attached hydrogens (tertiary/aromatic N) is 2. The van der Waals surface area contributed by atoms with E-state index in [1.165, 1.54) is 4.90 Å². The number of carbonyl (C=O) groups is 2. The molecule has 8 nitrogen and oxygen atoms in total. The van der Waals surface area contributed by atoms with Crippen LogP contribution in [0, 0.1) is 6.92 Å². The Morgan fingerprint density at radius 3 is 2.06 bits per heavy atom. The van der Waals surface area contributed by atoms with E-state index in [2.05, 4.69) is 5.32 Å². The maximum atomic E-state index is 14.7. The van der Waals surface area contributed by atoms with Crippen molar-refractivity contribution in [2.45, 2.75) is 69.5 Å². The van der Waals surface area contributed by atoms with Crippen LogP contribution in [-0.4, -0.2) is 50.4 Å². The van der Waals surface area contributed by atoms with Crippen molar-refractivity contribution in [1.82, 2.24) is 10.2 Å². The first-order valence-electron chi connectivity index (χ1n) is 16.2. The molecule has 1 saturated carbocycles. The molecule has 0 aromatic heterocycles. The van der Waals surface area contributed by atoms with Crippen LogP contribution in [0.1, 0.15) is 49.3 Å². The molecule has 0 bridgehead atoms. The molecule has 246 valence electrons. The molecule has 0 aliphatic heterocycles. The number of amides is 2. The van der Waals surface area contributed by atoms with Gasteiger partial charge in [0, 0.05) is 19.0 Å². The third kappa shape index (κ3) is 8.60. The first-order valence-corrected chi connectivity index (χ1v) is 17.7. The molecule has 9 heteroatoms. The van der Waals surface area contributed by atoms with Gasteiger partial charge in [0.2, 0.25) is 11.8 Å². The molecule has 5 rings (SSSR count). The van der Waals surface area contributed by atoms with E-state index in [4.69, 9.17) is 4.74 Å². The van der Waals surface area contributed by atoms with Crippen LogP contribution in [0.25, 0.3) is 0 Å². The molecular weight excluding hydrogens is 611 g/mol. The van der Waals surface area contributed by atoms with Crippen LogP contribution in [0.5, 0.6) is 5.75 Å². The number of aryl methyl sites for hydroxylation is 1. The van der Waals surface area contributed by atoms with Crippen molar-refractivity contribution in [1.29, 1.82) is 0 Å². The summed E-state index contributed by atoms with van der Waals surface area (Å²) in [6.07, 6.45) is 4.16. The Bertz CT molecular complexity index is 1720. The molecule has 0 heterocycles. The van der Waals surface area contributed by atoms with Crippen LogP contribution in [-0.2, 0) is 32.6 Å². The van der Waals surface area contributed by atoms with Crippen molar-refractivity contribution in [3.05, 3.63) is 126 Å². The van der Waals surface area contributed by atoms with Gasteiger partial charge in [-0.05, 0) is 62.1 Å². The van der Waals surface area contributed by atoms with E-state index in [9.17, 15) is 18.0 Å². The first kappa shape index (κ1) is 33.7. The summed E-state index contributed by atoms with van der Waals surface area (Å²) in [5.74, 6) is -0.404. The lowest BCUT2D eigenvalue weighted by Crippen LogP contribution is -2.54. The third-order valence-corrected chi connectivity index (χ3v) is 10.3. The highest BCUT2D eigenvalue weighted by Gasteiger charge is 2.36. The van der Waals surface area contributed by atoms with E-state index in [0.717, 1.165) is 46.7 Å². The van der Waals surface area contributed by atoms with E-state index in [0.29, 0.717) is 12.4 Å². The smallest absolute Gasteiger partial charge is 0.264 e. The molecule has 1 aliphatic carbocycles.